The van der Waals surface area contributed by atoms with E-state index in [9.17, 15) is 14.9 Å². The molecule has 1 rings (SSSR count). The van der Waals surface area contributed by atoms with E-state index in [0.29, 0.717) is 23.7 Å². The van der Waals surface area contributed by atoms with Gasteiger partial charge in [0, 0.05) is 24.2 Å². The maximum absolute atomic E-state index is 12.2. The highest BCUT2D eigenvalue weighted by Gasteiger charge is 2.18. The first kappa shape index (κ1) is 16.9. The number of nitrogens with zero attached hydrogens (tertiary/aromatic N) is 1. The van der Waals surface area contributed by atoms with Gasteiger partial charge in [0.25, 0.3) is 11.6 Å². The fraction of sp³-hybridized carbons (Fsp3) is 0.533. The quantitative estimate of drug-likeness (QED) is 0.597. The highest BCUT2D eigenvalue weighted by molar-refractivity contribution is 5.96. The summed E-state index contributed by atoms with van der Waals surface area (Å²) in [5.41, 5.74) is 0.765. The molecule has 0 radical (unpaired) electrons. The molecular formula is C15H23N3O3. The third-order valence-electron chi connectivity index (χ3n) is 3.68. The molecule has 2 unspecified atom stereocenters. The molecule has 116 valence electrons. The molecule has 2 atom stereocenters. The van der Waals surface area contributed by atoms with Gasteiger partial charge in [0.1, 0.15) is 5.69 Å². The minimum atomic E-state index is -0.457. The normalized spacial score (nSPS) is 13.3. The summed E-state index contributed by atoms with van der Waals surface area (Å²) in [6.07, 6.45) is 0.977. The van der Waals surface area contributed by atoms with Gasteiger partial charge in [0.05, 0.1) is 4.92 Å². The number of anilines is 1. The van der Waals surface area contributed by atoms with Gasteiger partial charge in [-0.1, -0.05) is 20.3 Å². The molecule has 0 fully saturated rings. The van der Waals surface area contributed by atoms with Gasteiger partial charge in [-0.2, -0.15) is 0 Å². The molecule has 0 aromatic heterocycles. The predicted molar refractivity (Wildman–Crippen MR) is 83.6 cm³/mol. The van der Waals surface area contributed by atoms with Crippen LogP contribution in [0.4, 0.5) is 11.4 Å². The molecule has 0 aliphatic heterocycles. The summed E-state index contributed by atoms with van der Waals surface area (Å²) in [6, 6.07) is 4.43. The van der Waals surface area contributed by atoms with Crippen LogP contribution in [0.5, 0.6) is 0 Å². The molecule has 6 heteroatoms. The van der Waals surface area contributed by atoms with Crippen molar-refractivity contribution in [1.82, 2.24) is 5.32 Å². The van der Waals surface area contributed by atoms with E-state index in [0.717, 1.165) is 6.42 Å². The smallest absolute Gasteiger partial charge is 0.292 e. The molecule has 0 bridgehead atoms. The van der Waals surface area contributed by atoms with Crippen LogP contribution in [0.25, 0.3) is 0 Å². The Morgan fingerprint density at radius 1 is 1.33 bits per heavy atom. The molecule has 0 heterocycles. The maximum Gasteiger partial charge on any atom is 0.292 e. The second kappa shape index (κ2) is 7.61. The highest BCUT2D eigenvalue weighted by Crippen LogP contribution is 2.25. The Bertz CT molecular complexity index is 517. The zero-order valence-electron chi connectivity index (χ0n) is 13.0. The zero-order chi connectivity index (χ0) is 16.0. The van der Waals surface area contributed by atoms with E-state index in [1.54, 1.807) is 0 Å². The Balaban J connectivity index is 2.95. The van der Waals surface area contributed by atoms with E-state index in [2.05, 4.69) is 24.5 Å². The average molecular weight is 293 g/mol. The second-order valence-electron chi connectivity index (χ2n) is 5.17. The van der Waals surface area contributed by atoms with Crippen molar-refractivity contribution >= 4 is 17.3 Å². The molecule has 1 aromatic carbocycles. The van der Waals surface area contributed by atoms with Crippen LogP contribution < -0.4 is 10.6 Å². The molecule has 1 amide bonds. The third kappa shape index (κ3) is 4.44. The van der Waals surface area contributed by atoms with E-state index in [1.165, 1.54) is 18.2 Å². The fourth-order valence-electron chi connectivity index (χ4n) is 1.95. The lowest BCUT2D eigenvalue weighted by Crippen LogP contribution is -2.36. The summed E-state index contributed by atoms with van der Waals surface area (Å²) >= 11 is 0. The first-order valence-corrected chi connectivity index (χ1v) is 7.23. The van der Waals surface area contributed by atoms with Crippen LogP contribution in [0.1, 0.15) is 44.5 Å². The number of carbonyl (C=O) groups is 1. The van der Waals surface area contributed by atoms with Crippen LogP contribution in [0.15, 0.2) is 18.2 Å². The molecule has 0 spiro atoms. The lowest BCUT2D eigenvalue weighted by atomic mass is 10.0. The van der Waals surface area contributed by atoms with Gasteiger partial charge >= 0.3 is 0 Å². The van der Waals surface area contributed by atoms with Crippen molar-refractivity contribution in [2.24, 2.45) is 5.92 Å². The summed E-state index contributed by atoms with van der Waals surface area (Å²) in [4.78, 5) is 22.7. The third-order valence-corrected chi connectivity index (χ3v) is 3.68. The maximum atomic E-state index is 12.2. The summed E-state index contributed by atoms with van der Waals surface area (Å²) in [6.45, 7) is 8.51. The summed E-state index contributed by atoms with van der Waals surface area (Å²) < 4.78 is 0. The van der Waals surface area contributed by atoms with Crippen molar-refractivity contribution in [2.75, 3.05) is 11.9 Å². The van der Waals surface area contributed by atoms with Crippen molar-refractivity contribution in [3.05, 3.63) is 33.9 Å². The number of hydrogen-bond donors (Lipinski definition) is 2. The van der Waals surface area contributed by atoms with Crippen molar-refractivity contribution < 1.29 is 9.72 Å². The van der Waals surface area contributed by atoms with E-state index in [4.69, 9.17) is 0 Å². The van der Waals surface area contributed by atoms with Gasteiger partial charge in [0.15, 0.2) is 0 Å². The van der Waals surface area contributed by atoms with Crippen molar-refractivity contribution in [3.63, 3.8) is 0 Å². The van der Waals surface area contributed by atoms with Gasteiger partial charge in [-0.05, 0) is 31.9 Å². The van der Waals surface area contributed by atoms with Crippen LogP contribution >= 0.6 is 0 Å². The van der Waals surface area contributed by atoms with E-state index in [-0.39, 0.29) is 17.6 Å². The molecule has 0 saturated heterocycles. The highest BCUT2D eigenvalue weighted by atomic mass is 16.6. The van der Waals surface area contributed by atoms with E-state index >= 15 is 0 Å². The van der Waals surface area contributed by atoms with E-state index in [1.807, 2.05) is 13.8 Å². The van der Waals surface area contributed by atoms with Crippen LogP contribution in [-0.4, -0.2) is 23.4 Å². The molecule has 21 heavy (non-hydrogen) atoms. The fourth-order valence-corrected chi connectivity index (χ4v) is 1.95. The number of amides is 1. The van der Waals surface area contributed by atoms with E-state index < -0.39 is 4.92 Å². The van der Waals surface area contributed by atoms with Gasteiger partial charge in [-0.3, -0.25) is 14.9 Å². The first-order chi connectivity index (χ1) is 9.90. The number of nitro benzene ring substituents is 1. The van der Waals surface area contributed by atoms with Crippen LogP contribution in [0, 0.1) is 16.0 Å². The number of rotatable bonds is 7. The number of benzene rings is 1. The van der Waals surface area contributed by atoms with Crippen molar-refractivity contribution in [2.45, 2.75) is 40.2 Å². The summed E-state index contributed by atoms with van der Waals surface area (Å²) in [7, 11) is 0. The van der Waals surface area contributed by atoms with Crippen LogP contribution in [-0.2, 0) is 0 Å². The standard InChI is InChI=1S/C15H23N3O3/c1-5-10(3)11(4)17-15(19)12-7-8-14(18(20)21)13(9-12)16-6-2/h7-11,16H,5-6H2,1-4H3,(H,17,19). The Hall–Kier alpha value is -2.11. The Morgan fingerprint density at radius 3 is 2.52 bits per heavy atom. The Kier molecular flexibility index (Phi) is 6.14. The molecule has 2 N–H and O–H groups in total. The molecule has 1 aromatic rings. The lowest BCUT2D eigenvalue weighted by molar-refractivity contribution is -0.384. The number of hydrogen-bond acceptors (Lipinski definition) is 4. The van der Waals surface area contributed by atoms with Gasteiger partial charge in [0.2, 0.25) is 0 Å². The molecule has 0 aliphatic carbocycles. The average Bonchev–Trinajstić information content (AvgIpc) is 2.46. The summed E-state index contributed by atoms with van der Waals surface area (Å²) in [5.74, 6) is 0.164. The SMILES string of the molecule is CCNc1cc(C(=O)NC(C)C(C)CC)ccc1[N+](=O)[O-]. The topological polar surface area (TPSA) is 84.3 Å². The Labute approximate surface area is 125 Å². The molecule has 0 aliphatic rings. The Morgan fingerprint density at radius 2 is 2.00 bits per heavy atom. The summed E-state index contributed by atoms with van der Waals surface area (Å²) in [5, 5.41) is 16.8. The first-order valence-electron chi connectivity index (χ1n) is 7.23. The van der Waals surface area contributed by atoms with Gasteiger partial charge < -0.3 is 10.6 Å². The van der Waals surface area contributed by atoms with Crippen molar-refractivity contribution in [1.29, 1.82) is 0 Å². The van der Waals surface area contributed by atoms with Gasteiger partial charge in [-0.15, -0.1) is 0 Å². The number of carbonyl (C=O) groups excluding carboxylic acids is 1. The lowest BCUT2D eigenvalue weighted by Gasteiger charge is -2.20. The van der Waals surface area contributed by atoms with Crippen molar-refractivity contribution in [3.8, 4) is 0 Å². The minimum absolute atomic E-state index is 0.0247. The second-order valence-corrected chi connectivity index (χ2v) is 5.17. The molecule has 6 nitrogen and oxygen atoms in total. The van der Waals surface area contributed by atoms with Crippen LogP contribution in [0.3, 0.4) is 0 Å². The number of nitro groups is 1. The number of nitrogens with one attached hydrogen (secondary N) is 2. The van der Waals surface area contributed by atoms with Crippen LogP contribution in [0.2, 0.25) is 0 Å². The molecular weight excluding hydrogens is 270 g/mol. The zero-order valence-corrected chi connectivity index (χ0v) is 13.0. The monoisotopic (exact) mass is 293 g/mol. The minimum Gasteiger partial charge on any atom is -0.380 e. The largest absolute Gasteiger partial charge is 0.380 e. The predicted octanol–water partition coefficient (Wildman–Crippen LogP) is 3.19. The van der Waals surface area contributed by atoms with Gasteiger partial charge in [-0.25, -0.2) is 0 Å². The molecule has 0 saturated carbocycles.